The summed E-state index contributed by atoms with van der Waals surface area (Å²) in [5.41, 5.74) is 5.50. The first-order valence-electron chi connectivity index (χ1n) is 8.95. The van der Waals surface area contributed by atoms with Crippen LogP contribution in [0.2, 0.25) is 0 Å². The second-order valence-electron chi connectivity index (χ2n) is 6.22. The van der Waals surface area contributed by atoms with E-state index in [1.165, 1.54) is 36.4 Å². The van der Waals surface area contributed by atoms with Crippen molar-refractivity contribution in [3.05, 3.63) is 118 Å². The van der Waals surface area contributed by atoms with Crippen LogP contribution in [0.1, 0.15) is 11.1 Å². The van der Waals surface area contributed by atoms with Gasteiger partial charge in [0.2, 0.25) is 0 Å². The van der Waals surface area contributed by atoms with Gasteiger partial charge in [-0.25, -0.2) is 8.78 Å². The van der Waals surface area contributed by atoms with Gasteiger partial charge < -0.3 is 0 Å². The molecule has 0 bridgehead atoms. The van der Waals surface area contributed by atoms with Crippen molar-refractivity contribution in [2.24, 2.45) is 5.10 Å². The summed E-state index contributed by atoms with van der Waals surface area (Å²) in [5.74, 6) is -0.644. The van der Waals surface area contributed by atoms with E-state index in [1.807, 2.05) is 0 Å². The maximum absolute atomic E-state index is 13.1. The molecule has 0 saturated carbocycles. The fraction of sp³-hybridized carbons (Fsp3) is 0. The normalized spacial score (nSPS) is 11.0. The van der Waals surface area contributed by atoms with Crippen LogP contribution in [0.25, 0.3) is 12.2 Å². The van der Waals surface area contributed by atoms with E-state index in [-0.39, 0.29) is 17.3 Å². The molecule has 0 amide bonds. The molecule has 0 radical (unpaired) electrons. The first-order chi connectivity index (χ1) is 14.5. The lowest BCUT2D eigenvalue weighted by Crippen LogP contribution is -1.96. The third-order valence-corrected chi connectivity index (χ3v) is 4.03. The lowest BCUT2D eigenvalue weighted by atomic mass is 10.1. The molecular weight excluding hydrogens is 388 g/mol. The number of anilines is 1. The Kier molecular flexibility index (Phi) is 6.78. The Morgan fingerprint density at radius 1 is 0.800 bits per heavy atom. The Hall–Kier alpha value is -4.13. The van der Waals surface area contributed by atoms with Crippen molar-refractivity contribution in [3.8, 4) is 0 Å². The zero-order chi connectivity index (χ0) is 21.3. The number of nitrogens with one attached hydrogen (secondary N) is 1. The minimum atomic E-state index is -0.477. The van der Waals surface area contributed by atoms with Crippen molar-refractivity contribution in [1.82, 2.24) is 0 Å². The van der Waals surface area contributed by atoms with E-state index in [2.05, 4.69) is 10.5 Å². The number of hydrazone groups is 1. The van der Waals surface area contributed by atoms with Gasteiger partial charge in [-0.05, 0) is 59.7 Å². The van der Waals surface area contributed by atoms with Crippen LogP contribution in [-0.2, 0) is 0 Å². The largest absolute Gasteiger partial charge is 0.278 e. The Labute approximate surface area is 171 Å². The van der Waals surface area contributed by atoms with Gasteiger partial charge >= 0.3 is 0 Å². The Morgan fingerprint density at radius 3 is 1.70 bits per heavy atom. The molecule has 0 aliphatic rings. The predicted molar refractivity (Wildman–Crippen MR) is 115 cm³/mol. The second-order valence-corrected chi connectivity index (χ2v) is 6.22. The summed E-state index contributed by atoms with van der Waals surface area (Å²) in [7, 11) is 0. The molecule has 7 heteroatoms. The highest BCUT2D eigenvalue weighted by atomic mass is 19.1. The van der Waals surface area contributed by atoms with Gasteiger partial charge in [-0.2, -0.15) is 5.10 Å². The summed E-state index contributed by atoms with van der Waals surface area (Å²) in [6.07, 6.45) is 6.99. The molecule has 1 N–H and O–H groups in total. The number of halogens is 2. The molecule has 0 heterocycles. The minimum Gasteiger partial charge on any atom is -0.278 e. The molecule has 150 valence electrons. The van der Waals surface area contributed by atoms with E-state index in [1.54, 1.807) is 60.7 Å². The lowest BCUT2D eigenvalue weighted by Gasteiger charge is -2.02. The number of nitro groups is 1. The zero-order valence-corrected chi connectivity index (χ0v) is 15.7. The number of non-ortho nitro benzene ring substituents is 1. The van der Waals surface area contributed by atoms with Crippen LogP contribution in [0.15, 0.2) is 90.0 Å². The number of benzene rings is 3. The van der Waals surface area contributed by atoms with E-state index in [0.29, 0.717) is 11.4 Å². The predicted octanol–water partition coefficient (Wildman–Crippen LogP) is 6.07. The maximum atomic E-state index is 13.1. The van der Waals surface area contributed by atoms with Crippen molar-refractivity contribution in [2.45, 2.75) is 0 Å². The molecule has 0 fully saturated rings. The highest BCUT2D eigenvalue weighted by Crippen LogP contribution is 2.15. The molecule has 3 rings (SSSR count). The number of nitro benzene ring substituents is 1. The molecule has 5 nitrogen and oxygen atoms in total. The van der Waals surface area contributed by atoms with E-state index < -0.39 is 4.92 Å². The lowest BCUT2D eigenvalue weighted by molar-refractivity contribution is -0.384. The Bertz CT molecular complexity index is 1030. The van der Waals surface area contributed by atoms with Gasteiger partial charge in [0, 0.05) is 12.1 Å². The highest BCUT2D eigenvalue weighted by Gasteiger charge is 2.03. The monoisotopic (exact) mass is 405 g/mol. The summed E-state index contributed by atoms with van der Waals surface area (Å²) in [6.45, 7) is 0. The van der Waals surface area contributed by atoms with E-state index in [4.69, 9.17) is 0 Å². The van der Waals surface area contributed by atoms with Gasteiger partial charge in [0.1, 0.15) is 11.6 Å². The quantitative estimate of drug-likeness (QED) is 0.295. The van der Waals surface area contributed by atoms with Gasteiger partial charge in [0.05, 0.1) is 16.3 Å². The molecule has 0 aromatic heterocycles. The van der Waals surface area contributed by atoms with E-state index in [0.717, 1.165) is 11.1 Å². The smallest absolute Gasteiger partial charge is 0.269 e. The molecular formula is C23H17F2N3O2. The van der Waals surface area contributed by atoms with Crippen molar-refractivity contribution in [2.75, 3.05) is 5.43 Å². The Morgan fingerprint density at radius 2 is 1.27 bits per heavy atom. The molecule has 0 saturated heterocycles. The van der Waals surface area contributed by atoms with E-state index in [9.17, 15) is 18.9 Å². The highest BCUT2D eigenvalue weighted by molar-refractivity contribution is 6.08. The average Bonchev–Trinajstić information content (AvgIpc) is 2.76. The number of allylic oxidation sites excluding steroid dienone is 2. The summed E-state index contributed by atoms with van der Waals surface area (Å²) in [6, 6.07) is 17.8. The third-order valence-electron chi connectivity index (χ3n) is 4.03. The van der Waals surface area contributed by atoms with Gasteiger partial charge in [-0.3, -0.25) is 15.5 Å². The van der Waals surface area contributed by atoms with Crippen molar-refractivity contribution >= 4 is 29.2 Å². The molecule has 3 aromatic rings. The van der Waals surface area contributed by atoms with Crippen LogP contribution in [0.4, 0.5) is 20.2 Å². The van der Waals surface area contributed by atoms with Gasteiger partial charge in [0.15, 0.2) is 0 Å². The molecule has 30 heavy (non-hydrogen) atoms. The van der Waals surface area contributed by atoms with Crippen LogP contribution in [0, 0.1) is 21.7 Å². The summed E-state index contributed by atoms with van der Waals surface area (Å²) < 4.78 is 26.1. The minimum absolute atomic E-state index is 0.0165. The molecule has 0 spiro atoms. The summed E-state index contributed by atoms with van der Waals surface area (Å²) >= 11 is 0. The van der Waals surface area contributed by atoms with Crippen LogP contribution in [-0.4, -0.2) is 10.6 Å². The fourth-order valence-corrected chi connectivity index (χ4v) is 2.43. The molecule has 0 atom stereocenters. The van der Waals surface area contributed by atoms with Crippen molar-refractivity contribution < 1.29 is 13.7 Å². The zero-order valence-electron chi connectivity index (χ0n) is 15.7. The number of hydrogen-bond donors (Lipinski definition) is 1. The van der Waals surface area contributed by atoms with Gasteiger partial charge in [-0.1, -0.05) is 36.4 Å². The SMILES string of the molecule is O=[N+]([O-])c1ccc(NN=C(/C=C/c2ccc(F)cc2)/C=C/c2ccc(F)cc2)cc1. The molecule has 3 aromatic carbocycles. The first-order valence-corrected chi connectivity index (χ1v) is 8.95. The maximum Gasteiger partial charge on any atom is 0.269 e. The summed E-state index contributed by atoms with van der Waals surface area (Å²) in [4.78, 5) is 10.3. The summed E-state index contributed by atoms with van der Waals surface area (Å²) in [5, 5.41) is 15.1. The van der Waals surface area contributed by atoms with Crippen LogP contribution >= 0.6 is 0 Å². The molecule has 0 aliphatic heterocycles. The van der Waals surface area contributed by atoms with Crippen LogP contribution < -0.4 is 5.43 Å². The van der Waals surface area contributed by atoms with Gasteiger partial charge in [-0.15, -0.1) is 0 Å². The van der Waals surface area contributed by atoms with Crippen LogP contribution in [0.5, 0.6) is 0 Å². The second kappa shape index (κ2) is 9.88. The van der Waals surface area contributed by atoms with Crippen LogP contribution in [0.3, 0.4) is 0 Å². The van der Waals surface area contributed by atoms with Crippen molar-refractivity contribution in [1.29, 1.82) is 0 Å². The topological polar surface area (TPSA) is 67.5 Å². The average molecular weight is 405 g/mol. The number of nitrogens with zero attached hydrogens (tertiary/aromatic N) is 2. The fourth-order valence-electron chi connectivity index (χ4n) is 2.43. The van der Waals surface area contributed by atoms with E-state index >= 15 is 0 Å². The third kappa shape index (κ3) is 6.20. The van der Waals surface area contributed by atoms with Crippen molar-refractivity contribution in [3.63, 3.8) is 0 Å². The molecule has 0 aliphatic carbocycles. The number of hydrogen-bond acceptors (Lipinski definition) is 4. The molecule has 0 unspecified atom stereocenters. The first kappa shape index (κ1) is 20.6. The van der Waals surface area contributed by atoms with Gasteiger partial charge in [0.25, 0.3) is 5.69 Å². The Balaban J connectivity index is 1.81. The standard InChI is InChI=1S/C23H17F2N3O2/c24-19-7-1-17(2-8-19)5-11-21(12-6-18-3-9-20(25)10-4-18)26-27-22-13-15-23(16-14-22)28(29)30/h1-16,27H/b11-5+,12-6+. The number of rotatable bonds is 7.